The molecule has 1 fully saturated rings. The van der Waals surface area contributed by atoms with Crippen LogP contribution in [0.25, 0.3) is 0 Å². The van der Waals surface area contributed by atoms with Gasteiger partial charge in [0.2, 0.25) is 0 Å². The van der Waals surface area contributed by atoms with E-state index in [0.717, 1.165) is 6.42 Å². The average molecular weight is 236 g/mol. The second-order valence-corrected chi connectivity index (χ2v) is 5.20. The molecule has 1 nitrogen and oxygen atoms in total. The Morgan fingerprint density at radius 2 is 1.39 bits per heavy atom. The van der Waals surface area contributed by atoms with Gasteiger partial charge in [-0.3, -0.25) is 4.79 Å². The third-order valence-corrected chi connectivity index (χ3v) is 3.84. The van der Waals surface area contributed by atoms with Gasteiger partial charge in [-0.1, -0.05) is 60.7 Å². The number of hydrogen-bond donors (Lipinski definition) is 0. The zero-order chi connectivity index (χ0) is 12.4. The standard InChI is InChI=1S/C17H16O/c18-16-12-17(13-16,15-9-5-2-6-10-15)11-14-7-3-1-4-8-14/h1-10H,11-13H2. The van der Waals surface area contributed by atoms with Crippen molar-refractivity contribution in [2.45, 2.75) is 24.7 Å². The van der Waals surface area contributed by atoms with Crippen molar-refractivity contribution < 1.29 is 4.79 Å². The molecule has 0 bridgehead atoms. The summed E-state index contributed by atoms with van der Waals surface area (Å²) in [6.07, 6.45) is 2.33. The van der Waals surface area contributed by atoms with Crippen molar-refractivity contribution in [1.82, 2.24) is 0 Å². The summed E-state index contributed by atoms with van der Waals surface area (Å²) in [5, 5.41) is 0. The maximum atomic E-state index is 11.5. The van der Waals surface area contributed by atoms with Gasteiger partial charge < -0.3 is 0 Å². The topological polar surface area (TPSA) is 17.1 Å². The molecular formula is C17H16O. The van der Waals surface area contributed by atoms with E-state index < -0.39 is 0 Å². The van der Waals surface area contributed by atoms with Crippen LogP contribution < -0.4 is 0 Å². The minimum Gasteiger partial charge on any atom is -0.300 e. The Hall–Kier alpha value is -1.89. The molecule has 1 aliphatic rings. The Morgan fingerprint density at radius 3 is 1.94 bits per heavy atom. The van der Waals surface area contributed by atoms with E-state index in [-0.39, 0.29) is 5.41 Å². The maximum Gasteiger partial charge on any atom is 0.134 e. The van der Waals surface area contributed by atoms with E-state index >= 15 is 0 Å². The monoisotopic (exact) mass is 236 g/mol. The molecule has 0 saturated heterocycles. The highest BCUT2D eigenvalue weighted by molar-refractivity contribution is 5.88. The van der Waals surface area contributed by atoms with Crippen LogP contribution in [-0.4, -0.2) is 5.78 Å². The van der Waals surface area contributed by atoms with Crippen LogP contribution in [0.3, 0.4) is 0 Å². The second kappa shape index (κ2) is 4.41. The zero-order valence-electron chi connectivity index (χ0n) is 10.3. The van der Waals surface area contributed by atoms with Crippen molar-refractivity contribution in [2.75, 3.05) is 0 Å². The van der Waals surface area contributed by atoms with Crippen LogP contribution in [-0.2, 0) is 16.6 Å². The first-order valence-corrected chi connectivity index (χ1v) is 6.40. The SMILES string of the molecule is O=C1CC(Cc2ccccc2)(c2ccccc2)C1. The number of hydrogen-bond acceptors (Lipinski definition) is 1. The first-order valence-electron chi connectivity index (χ1n) is 6.40. The summed E-state index contributed by atoms with van der Waals surface area (Å²) < 4.78 is 0. The normalized spacial score (nSPS) is 17.2. The summed E-state index contributed by atoms with van der Waals surface area (Å²) in [5.74, 6) is 0.384. The molecule has 0 unspecified atom stereocenters. The molecule has 0 aliphatic heterocycles. The first-order chi connectivity index (χ1) is 8.78. The van der Waals surface area contributed by atoms with Gasteiger partial charge in [-0.25, -0.2) is 0 Å². The van der Waals surface area contributed by atoms with Gasteiger partial charge in [0.25, 0.3) is 0 Å². The Balaban J connectivity index is 1.91. The third kappa shape index (κ3) is 1.97. The van der Waals surface area contributed by atoms with Gasteiger partial charge in [0.15, 0.2) is 0 Å². The Kier molecular flexibility index (Phi) is 2.75. The molecule has 1 saturated carbocycles. The molecule has 0 atom stereocenters. The van der Waals surface area contributed by atoms with E-state index in [9.17, 15) is 4.79 Å². The van der Waals surface area contributed by atoms with Gasteiger partial charge in [-0.2, -0.15) is 0 Å². The first kappa shape index (κ1) is 11.2. The van der Waals surface area contributed by atoms with Crippen molar-refractivity contribution >= 4 is 5.78 Å². The summed E-state index contributed by atoms with van der Waals surface area (Å²) in [6, 6.07) is 20.9. The lowest BCUT2D eigenvalue weighted by Gasteiger charge is -2.41. The predicted molar refractivity (Wildman–Crippen MR) is 72.5 cm³/mol. The van der Waals surface area contributed by atoms with Gasteiger partial charge >= 0.3 is 0 Å². The quantitative estimate of drug-likeness (QED) is 0.796. The van der Waals surface area contributed by atoms with Crippen molar-refractivity contribution in [3.8, 4) is 0 Å². The Bertz CT molecular complexity index is 534. The van der Waals surface area contributed by atoms with Gasteiger partial charge in [-0.15, -0.1) is 0 Å². The molecule has 0 N–H and O–H groups in total. The van der Waals surface area contributed by atoms with E-state index in [1.165, 1.54) is 11.1 Å². The van der Waals surface area contributed by atoms with Crippen LogP contribution in [0.4, 0.5) is 0 Å². The minimum absolute atomic E-state index is 0.0414. The van der Waals surface area contributed by atoms with E-state index in [1.807, 2.05) is 12.1 Å². The van der Waals surface area contributed by atoms with Crippen molar-refractivity contribution in [3.05, 3.63) is 71.8 Å². The molecule has 3 rings (SSSR count). The van der Waals surface area contributed by atoms with E-state index in [2.05, 4.69) is 48.5 Å². The van der Waals surface area contributed by atoms with Crippen LogP contribution >= 0.6 is 0 Å². The predicted octanol–water partition coefficient (Wildman–Crippen LogP) is 3.53. The molecule has 90 valence electrons. The van der Waals surface area contributed by atoms with Crippen LogP contribution in [0, 0.1) is 0 Å². The summed E-state index contributed by atoms with van der Waals surface area (Å²) in [6.45, 7) is 0. The molecule has 2 aromatic carbocycles. The van der Waals surface area contributed by atoms with Crippen LogP contribution in [0.2, 0.25) is 0 Å². The fourth-order valence-electron chi connectivity index (χ4n) is 2.91. The van der Waals surface area contributed by atoms with Crippen molar-refractivity contribution in [1.29, 1.82) is 0 Å². The zero-order valence-corrected chi connectivity index (χ0v) is 10.3. The fourth-order valence-corrected chi connectivity index (χ4v) is 2.91. The highest BCUT2D eigenvalue weighted by Crippen LogP contribution is 2.43. The number of carbonyl (C=O) groups is 1. The molecule has 0 amide bonds. The number of benzene rings is 2. The lowest BCUT2D eigenvalue weighted by Crippen LogP contribution is -2.43. The Labute approximate surface area is 107 Å². The summed E-state index contributed by atoms with van der Waals surface area (Å²) in [7, 11) is 0. The van der Waals surface area contributed by atoms with Gasteiger partial charge in [0, 0.05) is 18.3 Å². The smallest absolute Gasteiger partial charge is 0.134 e. The van der Waals surface area contributed by atoms with Gasteiger partial charge in [0.05, 0.1) is 0 Å². The van der Waals surface area contributed by atoms with E-state index in [1.54, 1.807) is 0 Å². The summed E-state index contributed by atoms with van der Waals surface area (Å²) in [5.41, 5.74) is 2.65. The highest BCUT2D eigenvalue weighted by atomic mass is 16.1. The second-order valence-electron chi connectivity index (χ2n) is 5.20. The largest absolute Gasteiger partial charge is 0.300 e. The van der Waals surface area contributed by atoms with Crippen LogP contribution in [0.5, 0.6) is 0 Å². The summed E-state index contributed by atoms with van der Waals surface area (Å²) in [4.78, 5) is 11.5. The number of ketones is 1. The molecule has 1 heteroatoms. The lowest BCUT2D eigenvalue weighted by atomic mass is 9.61. The van der Waals surface area contributed by atoms with Crippen LogP contribution in [0.15, 0.2) is 60.7 Å². The number of Topliss-reactive ketones (excluding diaryl/α,β-unsaturated/α-hetero) is 1. The lowest BCUT2D eigenvalue weighted by molar-refractivity contribution is -0.128. The van der Waals surface area contributed by atoms with Crippen LogP contribution in [0.1, 0.15) is 24.0 Å². The van der Waals surface area contributed by atoms with Crippen molar-refractivity contribution in [3.63, 3.8) is 0 Å². The van der Waals surface area contributed by atoms with Gasteiger partial charge in [0.1, 0.15) is 5.78 Å². The molecule has 0 spiro atoms. The highest BCUT2D eigenvalue weighted by Gasteiger charge is 2.44. The third-order valence-electron chi connectivity index (χ3n) is 3.84. The molecule has 0 heterocycles. The molecule has 1 aliphatic carbocycles. The maximum absolute atomic E-state index is 11.5. The van der Waals surface area contributed by atoms with E-state index in [4.69, 9.17) is 0 Å². The summed E-state index contributed by atoms with van der Waals surface area (Å²) >= 11 is 0. The van der Waals surface area contributed by atoms with E-state index in [0.29, 0.717) is 18.6 Å². The Morgan fingerprint density at radius 1 is 0.833 bits per heavy atom. The van der Waals surface area contributed by atoms with Crippen molar-refractivity contribution in [2.24, 2.45) is 0 Å². The molecule has 0 aromatic heterocycles. The number of carbonyl (C=O) groups excluding carboxylic acids is 1. The molecular weight excluding hydrogens is 220 g/mol. The minimum atomic E-state index is 0.0414. The molecule has 2 aromatic rings. The molecule has 0 radical (unpaired) electrons. The molecule has 18 heavy (non-hydrogen) atoms. The average Bonchev–Trinajstić information content (AvgIpc) is 2.39. The fraction of sp³-hybridized carbons (Fsp3) is 0.235. The van der Waals surface area contributed by atoms with Gasteiger partial charge in [-0.05, 0) is 17.5 Å². The number of rotatable bonds is 3.